The number of hydrogen-bond acceptors (Lipinski definition) is 3. The van der Waals surface area contributed by atoms with Crippen molar-refractivity contribution in [3.63, 3.8) is 0 Å². The summed E-state index contributed by atoms with van der Waals surface area (Å²) in [5.41, 5.74) is 1.21. The average molecular weight is 253 g/mol. The number of hydrogen-bond donors (Lipinski definition) is 1. The number of benzene rings is 1. The van der Waals surface area contributed by atoms with E-state index in [2.05, 4.69) is 46.2 Å². The number of rotatable bonds is 5. The molecule has 0 bridgehead atoms. The van der Waals surface area contributed by atoms with Crippen LogP contribution in [0.5, 0.6) is 0 Å². The molecule has 1 heterocycles. The molecule has 0 aliphatic carbocycles. The molecule has 2 rings (SSSR count). The van der Waals surface area contributed by atoms with Gasteiger partial charge in [-0.1, -0.05) is 30.2 Å². The van der Waals surface area contributed by atoms with E-state index in [1.165, 1.54) is 10.9 Å². The van der Waals surface area contributed by atoms with Gasteiger partial charge in [0.1, 0.15) is 5.82 Å². The summed E-state index contributed by atoms with van der Waals surface area (Å²) in [6, 6.07) is 8.34. The maximum atomic E-state index is 5.43. The van der Waals surface area contributed by atoms with Gasteiger partial charge in [0.2, 0.25) is 0 Å². The number of pyridine rings is 1. The zero-order valence-corrected chi connectivity index (χ0v) is 11.5. The molecule has 0 amide bonds. The molecule has 1 aromatic carbocycles. The summed E-state index contributed by atoms with van der Waals surface area (Å²) in [6.45, 7) is 4.34. The van der Waals surface area contributed by atoms with Crippen LogP contribution in [-0.4, -0.2) is 25.1 Å². The summed E-state index contributed by atoms with van der Waals surface area (Å²) in [6.07, 6.45) is 7.37. The first-order chi connectivity index (χ1) is 9.31. The van der Waals surface area contributed by atoms with Gasteiger partial charge in [-0.15, -0.1) is 6.42 Å². The van der Waals surface area contributed by atoms with Crippen LogP contribution < -0.4 is 10.2 Å². The highest BCUT2D eigenvalue weighted by molar-refractivity contribution is 5.94. The molecule has 0 saturated heterocycles. The summed E-state index contributed by atoms with van der Waals surface area (Å²) in [5, 5.41) is 5.57. The quantitative estimate of drug-likeness (QED) is 0.829. The molecule has 0 aliphatic rings. The van der Waals surface area contributed by atoms with Crippen molar-refractivity contribution in [1.82, 2.24) is 10.3 Å². The third-order valence-electron chi connectivity index (χ3n) is 3.19. The Labute approximate surface area is 114 Å². The first-order valence-electron chi connectivity index (χ1n) is 6.51. The minimum Gasteiger partial charge on any atom is -0.345 e. The van der Waals surface area contributed by atoms with Crippen LogP contribution in [0.15, 0.2) is 30.5 Å². The van der Waals surface area contributed by atoms with Crippen molar-refractivity contribution in [3.05, 3.63) is 36.0 Å². The zero-order chi connectivity index (χ0) is 13.7. The van der Waals surface area contributed by atoms with E-state index in [9.17, 15) is 0 Å². The summed E-state index contributed by atoms with van der Waals surface area (Å²) >= 11 is 0. The molecule has 19 heavy (non-hydrogen) atoms. The van der Waals surface area contributed by atoms with Crippen LogP contribution in [-0.2, 0) is 6.54 Å². The second kappa shape index (κ2) is 6.21. The van der Waals surface area contributed by atoms with Crippen LogP contribution in [0.4, 0.5) is 5.82 Å². The number of nitrogens with one attached hydrogen (secondary N) is 1. The number of terminal acetylenes is 1. The first kappa shape index (κ1) is 13.4. The Hall–Kier alpha value is -2.05. The Kier molecular flexibility index (Phi) is 4.38. The molecular formula is C16H19N3. The Bertz CT molecular complexity index is 598. The maximum Gasteiger partial charge on any atom is 0.137 e. The van der Waals surface area contributed by atoms with E-state index < -0.39 is 0 Å². The van der Waals surface area contributed by atoms with Gasteiger partial charge in [0.15, 0.2) is 0 Å². The van der Waals surface area contributed by atoms with Crippen LogP contribution in [0.3, 0.4) is 0 Å². The summed E-state index contributed by atoms with van der Waals surface area (Å²) in [5.74, 6) is 3.66. The van der Waals surface area contributed by atoms with Crippen molar-refractivity contribution in [3.8, 4) is 12.3 Å². The van der Waals surface area contributed by atoms with E-state index in [4.69, 9.17) is 6.42 Å². The van der Waals surface area contributed by atoms with Crippen LogP contribution in [0, 0.1) is 12.3 Å². The Morgan fingerprint density at radius 1 is 1.32 bits per heavy atom. The van der Waals surface area contributed by atoms with Crippen LogP contribution in [0.1, 0.15) is 12.5 Å². The van der Waals surface area contributed by atoms with Gasteiger partial charge in [0, 0.05) is 24.7 Å². The number of aromatic nitrogens is 1. The van der Waals surface area contributed by atoms with Gasteiger partial charge in [-0.05, 0) is 24.9 Å². The topological polar surface area (TPSA) is 28.2 Å². The Morgan fingerprint density at radius 2 is 2.05 bits per heavy atom. The lowest BCUT2D eigenvalue weighted by Crippen LogP contribution is -2.24. The SMILES string of the molecule is C#CCN(CC)c1ncc(CNC)c2ccccc12. The van der Waals surface area contributed by atoms with E-state index in [1.54, 1.807) is 0 Å². The van der Waals surface area contributed by atoms with Crippen molar-refractivity contribution in [1.29, 1.82) is 0 Å². The number of anilines is 1. The third-order valence-corrected chi connectivity index (χ3v) is 3.19. The smallest absolute Gasteiger partial charge is 0.137 e. The molecule has 0 aliphatic heterocycles. The molecule has 98 valence electrons. The molecule has 0 unspecified atom stereocenters. The predicted molar refractivity (Wildman–Crippen MR) is 81.2 cm³/mol. The molecule has 3 nitrogen and oxygen atoms in total. The van der Waals surface area contributed by atoms with Crippen molar-refractivity contribution in [2.24, 2.45) is 0 Å². The van der Waals surface area contributed by atoms with Gasteiger partial charge < -0.3 is 10.2 Å². The summed E-state index contributed by atoms with van der Waals surface area (Å²) in [4.78, 5) is 6.72. The maximum absolute atomic E-state index is 5.43. The molecule has 0 radical (unpaired) electrons. The normalized spacial score (nSPS) is 10.4. The van der Waals surface area contributed by atoms with Crippen molar-refractivity contribution >= 4 is 16.6 Å². The number of fused-ring (bicyclic) bond motifs is 1. The second-order valence-corrected chi connectivity index (χ2v) is 4.40. The second-order valence-electron chi connectivity index (χ2n) is 4.40. The molecule has 1 N–H and O–H groups in total. The minimum absolute atomic E-state index is 0.582. The minimum atomic E-state index is 0.582. The van der Waals surface area contributed by atoms with Gasteiger partial charge in [-0.3, -0.25) is 0 Å². The average Bonchev–Trinajstić information content (AvgIpc) is 2.46. The van der Waals surface area contributed by atoms with Crippen molar-refractivity contribution in [2.45, 2.75) is 13.5 Å². The van der Waals surface area contributed by atoms with Gasteiger partial charge in [-0.25, -0.2) is 4.98 Å². The Morgan fingerprint density at radius 3 is 2.68 bits per heavy atom. The van der Waals surface area contributed by atoms with Gasteiger partial charge in [0.05, 0.1) is 6.54 Å². The fourth-order valence-electron chi connectivity index (χ4n) is 2.27. The summed E-state index contributed by atoms with van der Waals surface area (Å²) < 4.78 is 0. The monoisotopic (exact) mass is 253 g/mol. The first-order valence-corrected chi connectivity index (χ1v) is 6.51. The van der Waals surface area contributed by atoms with Crippen molar-refractivity contribution in [2.75, 3.05) is 25.0 Å². The molecule has 3 heteroatoms. The predicted octanol–water partition coefficient (Wildman–Crippen LogP) is 2.41. The lowest BCUT2D eigenvalue weighted by Gasteiger charge is -2.21. The third kappa shape index (κ3) is 2.69. The molecule has 0 fully saturated rings. The highest BCUT2D eigenvalue weighted by Crippen LogP contribution is 2.26. The van der Waals surface area contributed by atoms with E-state index in [-0.39, 0.29) is 0 Å². The van der Waals surface area contributed by atoms with E-state index in [0.29, 0.717) is 6.54 Å². The molecular weight excluding hydrogens is 234 g/mol. The fraction of sp³-hybridized carbons (Fsp3) is 0.312. The summed E-state index contributed by atoms with van der Waals surface area (Å²) in [7, 11) is 1.94. The molecule has 0 spiro atoms. The number of nitrogens with zero attached hydrogens (tertiary/aromatic N) is 2. The zero-order valence-electron chi connectivity index (χ0n) is 11.5. The molecule has 1 aromatic heterocycles. The van der Waals surface area contributed by atoms with Crippen LogP contribution in [0.25, 0.3) is 10.8 Å². The molecule has 2 aromatic rings. The largest absolute Gasteiger partial charge is 0.345 e. The highest BCUT2D eigenvalue weighted by Gasteiger charge is 2.11. The van der Waals surface area contributed by atoms with E-state index in [0.717, 1.165) is 24.3 Å². The van der Waals surface area contributed by atoms with Crippen LogP contribution in [0.2, 0.25) is 0 Å². The van der Waals surface area contributed by atoms with Crippen LogP contribution >= 0.6 is 0 Å². The Balaban J connectivity index is 2.58. The molecule has 0 saturated carbocycles. The van der Waals surface area contributed by atoms with E-state index in [1.807, 2.05) is 19.3 Å². The standard InChI is InChI=1S/C16H19N3/c1-4-10-19(5-2)16-15-9-7-6-8-14(15)13(11-17-3)12-18-16/h1,6-9,12,17H,5,10-11H2,2-3H3. The fourth-order valence-corrected chi connectivity index (χ4v) is 2.27. The van der Waals surface area contributed by atoms with Gasteiger partial charge >= 0.3 is 0 Å². The molecule has 0 atom stereocenters. The lowest BCUT2D eigenvalue weighted by atomic mass is 10.1. The highest BCUT2D eigenvalue weighted by atomic mass is 15.2. The lowest BCUT2D eigenvalue weighted by molar-refractivity contribution is 0.817. The van der Waals surface area contributed by atoms with Crippen molar-refractivity contribution < 1.29 is 0 Å². The van der Waals surface area contributed by atoms with Gasteiger partial charge in [-0.2, -0.15) is 0 Å². The van der Waals surface area contributed by atoms with Gasteiger partial charge in [0.25, 0.3) is 0 Å². The van der Waals surface area contributed by atoms with E-state index >= 15 is 0 Å².